The molecule has 4 heteroatoms. The summed E-state index contributed by atoms with van der Waals surface area (Å²) in [6, 6.07) is 6.57. The first-order valence-corrected chi connectivity index (χ1v) is 5.92. The molecule has 0 aromatic heterocycles. The summed E-state index contributed by atoms with van der Waals surface area (Å²) < 4.78 is 5.09. The molecule has 0 radical (unpaired) electrons. The standard InChI is InChI=1S/C13H17NO3/c15-12-5-3-11(4-6-12)14-9-13(16)17-8-7-10-1-2-10/h3-6,10,14-15H,1-2,7-9H2. The lowest BCUT2D eigenvalue weighted by molar-refractivity contribution is -0.141. The number of rotatable bonds is 6. The second-order valence-corrected chi connectivity index (χ2v) is 4.35. The number of carbonyl (C=O) groups excluding carboxylic acids is 1. The third kappa shape index (κ3) is 4.34. The van der Waals surface area contributed by atoms with Gasteiger partial charge in [-0.3, -0.25) is 4.79 Å². The number of benzene rings is 1. The molecule has 0 spiro atoms. The highest BCUT2D eigenvalue weighted by Crippen LogP contribution is 2.32. The van der Waals surface area contributed by atoms with Crippen molar-refractivity contribution < 1.29 is 14.6 Å². The molecule has 0 heterocycles. The highest BCUT2D eigenvalue weighted by atomic mass is 16.5. The Morgan fingerprint density at radius 2 is 2.06 bits per heavy atom. The zero-order valence-corrected chi connectivity index (χ0v) is 9.69. The first kappa shape index (κ1) is 11.8. The van der Waals surface area contributed by atoms with Crippen LogP contribution in [0, 0.1) is 5.92 Å². The molecule has 1 aromatic rings. The van der Waals surface area contributed by atoms with Crippen molar-refractivity contribution in [2.45, 2.75) is 19.3 Å². The fraction of sp³-hybridized carbons (Fsp3) is 0.462. The number of carbonyl (C=O) groups is 1. The molecule has 1 aliphatic rings. The van der Waals surface area contributed by atoms with Crippen LogP contribution in [0.3, 0.4) is 0 Å². The number of hydrogen-bond donors (Lipinski definition) is 2. The Kier molecular flexibility index (Phi) is 3.85. The Morgan fingerprint density at radius 3 is 2.71 bits per heavy atom. The molecule has 2 N–H and O–H groups in total. The Bertz CT molecular complexity index is 371. The lowest BCUT2D eigenvalue weighted by atomic mass is 10.3. The minimum absolute atomic E-state index is 0.162. The summed E-state index contributed by atoms with van der Waals surface area (Å²) in [5, 5.41) is 12.0. The van der Waals surface area contributed by atoms with Gasteiger partial charge in [-0.05, 0) is 36.6 Å². The summed E-state index contributed by atoms with van der Waals surface area (Å²) in [5.41, 5.74) is 0.793. The number of nitrogens with one attached hydrogen (secondary N) is 1. The fourth-order valence-electron chi connectivity index (χ4n) is 1.55. The van der Waals surface area contributed by atoms with Crippen LogP contribution in [-0.4, -0.2) is 24.2 Å². The molecular formula is C13H17NO3. The monoisotopic (exact) mass is 235 g/mol. The average molecular weight is 235 g/mol. The van der Waals surface area contributed by atoms with E-state index in [-0.39, 0.29) is 18.3 Å². The highest BCUT2D eigenvalue weighted by Gasteiger charge is 2.21. The summed E-state index contributed by atoms with van der Waals surface area (Å²) >= 11 is 0. The highest BCUT2D eigenvalue weighted by molar-refractivity contribution is 5.75. The number of anilines is 1. The van der Waals surface area contributed by atoms with Gasteiger partial charge in [-0.15, -0.1) is 0 Å². The molecule has 1 fully saturated rings. The van der Waals surface area contributed by atoms with E-state index in [1.165, 1.54) is 12.8 Å². The van der Waals surface area contributed by atoms with Crippen molar-refractivity contribution in [3.63, 3.8) is 0 Å². The third-order valence-corrected chi connectivity index (χ3v) is 2.79. The van der Waals surface area contributed by atoms with Crippen LogP contribution in [0.2, 0.25) is 0 Å². The second kappa shape index (κ2) is 5.57. The molecule has 0 bridgehead atoms. The fourth-order valence-corrected chi connectivity index (χ4v) is 1.55. The Labute approximate surface area is 101 Å². The lowest BCUT2D eigenvalue weighted by Gasteiger charge is -2.07. The Balaban J connectivity index is 1.62. The molecule has 17 heavy (non-hydrogen) atoms. The van der Waals surface area contributed by atoms with Crippen molar-refractivity contribution >= 4 is 11.7 Å². The van der Waals surface area contributed by atoms with Crippen LogP contribution in [0.25, 0.3) is 0 Å². The first-order chi connectivity index (χ1) is 8.24. The number of ether oxygens (including phenoxy) is 1. The van der Waals surface area contributed by atoms with Gasteiger partial charge >= 0.3 is 5.97 Å². The molecule has 4 nitrogen and oxygen atoms in total. The third-order valence-electron chi connectivity index (χ3n) is 2.79. The van der Waals surface area contributed by atoms with Gasteiger partial charge in [-0.2, -0.15) is 0 Å². The summed E-state index contributed by atoms with van der Waals surface area (Å²) in [7, 11) is 0. The number of hydrogen-bond acceptors (Lipinski definition) is 4. The molecular weight excluding hydrogens is 218 g/mol. The second-order valence-electron chi connectivity index (χ2n) is 4.35. The number of phenols is 1. The maximum atomic E-state index is 11.4. The molecule has 0 saturated heterocycles. The van der Waals surface area contributed by atoms with Crippen LogP contribution in [0.4, 0.5) is 5.69 Å². The van der Waals surface area contributed by atoms with E-state index in [9.17, 15) is 4.79 Å². The first-order valence-electron chi connectivity index (χ1n) is 5.92. The minimum atomic E-state index is -0.237. The van der Waals surface area contributed by atoms with E-state index in [0.29, 0.717) is 6.61 Å². The largest absolute Gasteiger partial charge is 0.508 e. The van der Waals surface area contributed by atoms with Gasteiger partial charge in [0.05, 0.1) is 6.61 Å². The van der Waals surface area contributed by atoms with E-state index in [1.807, 2.05) is 0 Å². The molecule has 2 rings (SSSR count). The maximum absolute atomic E-state index is 11.4. The van der Waals surface area contributed by atoms with Crippen LogP contribution in [0.1, 0.15) is 19.3 Å². The van der Waals surface area contributed by atoms with Gasteiger partial charge in [-0.1, -0.05) is 12.8 Å². The molecule has 0 aliphatic heterocycles. The van der Waals surface area contributed by atoms with Gasteiger partial charge in [0.2, 0.25) is 0 Å². The van der Waals surface area contributed by atoms with Gasteiger partial charge < -0.3 is 15.2 Å². The SMILES string of the molecule is O=C(CNc1ccc(O)cc1)OCCC1CC1. The quantitative estimate of drug-likeness (QED) is 0.586. The van der Waals surface area contributed by atoms with E-state index < -0.39 is 0 Å². The van der Waals surface area contributed by atoms with Gasteiger partial charge in [0.1, 0.15) is 12.3 Å². The zero-order chi connectivity index (χ0) is 12.1. The van der Waals surface area contributed by atoms with Crippen LogP contribution in [-0.2, 0) is 9.53 Å². The van der Waals surface area contributed by atoms with Crippen molar-refractivity contribution in [1.82, 2.24) is 0 Å². The molecule has 1 aromatic carbocycles. The van der Waals surface area contributed by atoms with E-state index in [2.05, 4.69) is 5.32 Å². The molecule has 0 atom stereocenters. The number of esters is 1. The van der Waals surface area contributed by atoms with E-state index in [1.54, 1.807) is 24.3 Å². The van der Waals surface area contributed by atoms with E-state index >= 15 is 0 Å². The average Bonchev–Trinajstić information content (AvgIpc) is 3.12. The van der Waals surface area contributed by atoms with Crippen molar-refractivity contribution in [2.75, 3.05) is 18.5 Å². The smallest absolute Gasteiger partial charge is 0.325 e. The summed E-state index contributed by atoms with van der Waals surface area (Å²) in [4.78, 5) is 11.4. The van der Waals surface area contributed by atoms with E-state index in [4.69, 9.17) is 9.84 Å². The molecule has 92 valence electrons. The number of phenolic OH excluding ortho intramolecular Hbond substituents is 1. The van der Waals surface area contributed by atoms with Gasteiger partial charge in [0, 0.05) is 5.69 Å². The predicted molar refractivity (Wildman–Crippen MR) is 64.9 cm³/mol. The normalized spacial score (nSPS) is 14.4. The van der Waals surface area contributed by atoms with E-state index in [0.717, 1.165) is 18.0 Å². The van der Waals surface area contributed by atoms with Gasteiger partial charge in [0.25, 0.3) is 0 Å². The van der Waals surface area contributed by atoms with Crippen LogP contribution in [0.5, 0.6) is 5.75 Å². The van der Waals surface area contributed by atoms with Crippen LogP contribution in [0.15, 0.2) is 24.3 Å². The summed E-state index contributed by atoms with van der Waals surface area (Å²) in [6.07, 6.45) is 3.55. The molecule has 1 aliphatic carbocycles. The lowest BCUT2D eigenvalue weighted by Crippen LogP contribution is -2.17. The Hall–Kier alpha value is -1.71. The minimum Gasteiger partial charge on any atom is -0.508 e. The van der Waals surface area contributed by atoms with Crippen molar-refractivity contribution in [3.8, 4) is 5.75 Å². The van der Waals surface area contributed by atoms with Crippen molar-refractivity contribution in [2.24, 2.45) is 5.92 Å². The molecule has 0 unspecified atom stereocenters. The van der Waals surface area contributed by atoms with Crippen molar-refractivity contribution in [3.05, 3.63) is 24.3 Å². The predicted octanol–water partition coefficient (Wildman–Crippen LogP) is 2.15. The Morgan fingerprint density at radius 1 is 1.35 bits per heavy atom. The summed E-state index contributed by atoms with van der Waals surface area (Å²) in [5.74, 6) is 0.758. The topological polar surface area (TPSA) is 58.6 Å². The van der Waals surface area contributed by atoms with Gasteiger partial charge in [-0.25, -0.2) is 0 Å². The van der Waals surface area contributed by atoms with Crippen LogP contribution >= 0.6 is 0 Å². The maximum Gasteiger partial charge on any atom is 0.325 e. The van der Waals surface area contributed by atoms with Crippen molar-refractivity contribution in [1.29, 1.82) is 0 Å². The number of aromatic hydroxyl groups is 1. The molecule has 0 amide bonds. The zero-order valence-electron chi connectivity index (χ0n) is 9.69. The molecule has 1 saturated carbocycles. The van der Waals surface area contributed by atoms with Crippen LogP contribution < -0.4 is 5.32 Å². The van der Waals surface area contributed by atoms with Gasteiger partial charge in [0.15, 0.2) is 0 Å². The summed E-state index contributed by atoms with van der Waals surface area (Å²) in [6.45, 7) is 0.691.